The number of carbonyl (C=O) groups excluding carboxylic acids is 1. The van der Waals surface area contributed by atoms with E-state index in [9.17, 15) is 9.18 Å². The zero-order valence-electron chi connectivity index (χ0n) is 17.7. The summed E-state index contributed by atoms with van der Waals surface area (Å²) in [6.45, 7) is 11.8. The van der Waals surface area contributed by atoms with Crippen LogP contribution in [0.5, 0.6) is 0 Å². The second-order valence-corrected chi connectivity index (χ2v) is 9.66. The minimum Gasteiger partial charge on any atom is -0.352 e. The molecule has 1 heterocycles. The monoisotopic (exact) mass is 389 g/mol. The average Bonchev–Trinajstić information content (AvgIpc) is 2.63. The lowest BCUT2D eigenvalue weighted by molar-refractivity contribution is -0.123. The number of benzene rings is 1. The summed E-state index contributed by atoms with van der Waals surface area (Å²) in [4.78, 5) is 17.0. The Kier molecular flexibility index (Phi) is 7.10. The van der Waals surface area contributed by atoms with Crippen LogP contribution in [0, 0.1) is 17.2 Å². The lowest BCUT2D eigenvalue weighted by atomic mass is 9.71. The number of halogens is 1. The highest BCUT2D eigenvalue weighted by atomic mass is 19.1. The summed E-state index contributed by atoms with van der Waals surface area (Å²) in [6, 6.07) is 7.17. The minimum absolute atomic E-state index is 0.165. The van der Waals surface area contributed by atoms with Crippen molar-refractivity contribution < 1.29 is 9.18 Å². The molecule has 28 heavy (non-hydrogen) atoms. The predicted molar refractivity (Wildman–Crippen MR) is 111 cm³/mol. The molecule has 2 aliphatic rings. The van der Waals surface area contributed by atoms with Crippen molar-refractivity contribution in [2.45, 2.75) is 59.0 Å². The van der Waals surface area contributed by atoms with Gasteiger partial charge in [-0.15, -0.1) is 0 Å². The van der Waals surface area contributed by atoms with Crippen molar-refractivity contribution in [3.8, 4) is 0 Å². The average molecular weight is 390 g/mol. The molecule has 0 atom stereocenters. The molecule has 0 bridgehead atoms. The summed E-state index contributed by atoms with van der Waals surface area (Å²) < 4.78 is 13.3. The first-order valence-electron chi connectivity index (χ1n) is 10.8. The number of amides is 1. The molecule has 1 aliphatic carbocycles. The van der Waals surface area contributed by atoms with E-state index >= 15 is 0 Å². The second-order valence-electron chi connectivity index (χ2n) is 9.66. The molecule has 1 aromatic carbocycles. The van der Waals surface area contributed by atoms with Gasteiger partial charge in [0.15, 0.2) is 0 Å². The highest BCUT2D eigenvalue weighted by Gasteiger charge is 2.30. The van der Waals surface area contributed by atoms with E-state index in [0.29, 0.717) is 18.0 Å². The van der Waals surface area contributed by atoms with Crippen LogP contribution in [0.3, 0.4) is 0 Å². The molecule has 0 radical (unpaired) electrons. The van der Waals surface area contributed by atoms with E-state index < -0.39 is 0 Å². The summed E-state index contributed by atoms with van der Waals surface area (Å²) in [5.41, 5.74) is 1.39. The lowest BCUT2D eigenvalue weighted by Crippen LogP contribution is -2.50. The van der Waals surface area contributed by atoms with Gasteiger partial charge in [0.1, 0.15) is 5.82 Å². The van der Waals surface area contributed by atoms with Gasteiger partial charge in [0.05, 0.1) is 6.54 Å². The molecule has 156 valence electrons. The van der Waals surface area contributed by atoms with E-state index in [-0.39, 0.29) is 11.7 Å². The van der Waals surface area contributed by atoms with Gasteiger partial charge in [0, 0.05) is 38.8 Å². The third-order valence-electron chi connectivity index (χ3n) is 6.44. The highest BCUT2D eigenvalue weighted by molar-refractivity contribution is 5.78. The molecule has 3 rings (SSSR count). The number of hydrogen-bond acceptors (Lipinski definition) is 3. The SMILES string of the molecule is CC(C)(C)C1CCC(NC(=O)CN2CCN(Cc3cccc(F)c3)CC2)CC1. The van der Waals surface area contributed by atoms with Crippen LogP contribution >= 0.6 is 0 Å². The largest absolute Gasteiger partial charge is 0.352 e. The maximum atomic E-state index is 13.3. The van der Waals surface area contributed by atoms with Gasteiger partial charge in [0.25, 0.3) is 0 Å². The van der Waals surface area contributed by atoms with Crippen LogP contribution in [0.1, 0.15) is 52.0 Å². The van der Waals surface area contributed by atoms with Gasteiger partial charge in [-0.2, -0.15) is 0 Å². The molecule has 0 spiro atoms. The van der Waals surface area contributed by atoms with E-state index in [1.807, 2.05) is 6.07 Å². The fourth-order valence-corrected chi connectivity index (χ4v) is 4.58. The van der Waals surface area contributed by atoms with Crippen LogP contribution in [0.4, 0.5) is 4.39 Å². The molecule has 0 unspecified atom stereocenters. The molecule has 0 aromatic heterocycles. The van der Waals surface area contributed by atoms with Crippen molar-refractivity contribution in [3.63, 3.8) is 0 Å². The first-order chi connectivity index (χ1) is 13.3. The number of nitrogens with zero attached hydrogens (tertiary/aromatic N) is 2. The number of nitrogens with one attached hydrogen (secondary N) is 1. The molecule has 1 saturated heterocycles. The number of rotatable bonds is 5. The fraction of sp³-hybridized carbons (Fsp3) is 0.696. The van der Waals surface area contributed by atoms with Gasteiger partial charge < -0.3 is 5.32 Å². The van der Waals surface area contributed by atoms with Crippen LogP contribution < -0.4 is 5.32 Å². The standard InChI is InChI=1S/C23H36FN3O/c1-23(2,3)19-7-9-21(10-8-19)25-22(28)17-27-13-11-26(12-14-27)16-18-5-4-6-20(24)15-18/h4-6,15,19,21H,7-14,16-17H2,1-3H3,(H,25,28). The highest BCUT2D eigenvalue weighted by Crippen LogP contribution is 2.37. The van der Waals surface area contributed by atoms with Crippen molar-refractivity contribution in [3.05, 3.63) is 35.6 Å². The summed E-state index contributed by atoms with van der Waals surface area (Å²) in [5.74, 6) is 0.758. The molecule has 1 amide bonds. The molecule has 1 saturated carbocycles. The van der Waals surface area contributed by atoms with Gasteiger partial charge in [0.2, 0.25) is 5.91 Å². The predicted octanol–water partition coefficient (Wildman–Crippen LogP) is 3.66. The lowest BCUT2D eigenvalue weighted by Gasteiger charge is -2.38. The zero-order chi connectivity index (χ0) is 20.1. The molecule has 1 aromatic rings. The van der Waals surface area contributed by atoms with Crippen LogP contribution in [0.25, 0.3) is 0 Å². The van der Waals surface area contributed by atoms with Crippen molar-refractivity contribution in [1.29, 1.82) is 0 Å². The minimum atomic E-state index is -0.177. The third-order valence-corrected chi connectivity index (χ3v) is 6.44. The van der Waals surface area contributed by atoms with Gasteiger partial charge >= 0.3 is 0 Å². The summed E-state index contributed by atoms with van der Waals surface area (Å²) in [6.07, 6.45) is 4.64. The van der Waals surface area contributed by atoms with E-state index in [2.05, 4.69) is 35.9 Å². The summed E-state index contributed by atoms with van der Waals surface area (Å²) >= 11 is 0. The van der Waals surface area contributed by atoms with Gasteiger partial charge in [-0.1, -0.05) is 32.9 Å². The van der Waals surface area contributed by atoms with Gasteiger partial charge in [-0.05, 0) is 54.7 Å². The Morgan fingerprint density at radius 2 is 1.71 bits per heavy atom. The van der Waals surface area contributed by atoms with Crippen molar-refractivity contribution in [2.24, 2.45) is 11.3 Å². The Labute approximate surface area is 169 Å². The first-order valence-corrected chi connectivity index (χ1v) is 10.8. The van der Waals surface area contributed by atoms with Crippen LogP contribution in [0.15, 0.2) is 24.3 Å². The first kappa shape index (κ1) is 21.3. The van der Waals surface area contributed by atoms with E-state index in [1.54, 1.807) is 12.1 Å². The topological polar surface area (TPSA) is 35.6 Å². The van der Waals surface area contributed by atoms with E-state index in [1.165, 1.54) is 18.9 Å². The normalized spacial score (nSPS) is 24.9. The molecule has 1 N–H and O–H groups in total. The maximum Gasteiger partial charge on any atom is 0.234 e. The number of carbonyl (C=O) groups is 1. The smallest absolute Gasteiger partial charge is 0.234 e. The van der Waals surface area contributed by atoms with Crippen LogP contribution in [-0.4, -0.2) is 54.5 Å². The Balaban J connectivity index is 1.35. The van der Waals surface area contributed by atoms with Crippen molar-refractivity contribution in [1.82, 2.24) is 15.1 Å². The van der Waals surface area contributed by atoms with E-state index in [0.717, 1.165) is 57.0 Å². The molecule has 1 aliphatic heterocycles. The quantitative estimate of drug-likeness (QED) is 0.835. The van der Waals surface area contributed by atoms with E-state index in [4.69, 9.17) is 0 Å². The molecular weight excluding hydrogens is 353 g/mol. The number of piperazine rings is 1. The molecule has 4 nitrogen and oxygen atoms in total. The number of hydrogen-bond donors (Lipinski definition) is 1. The molecular formula is C23H36FN3O. The van der Waals surface area contributed by atoms with Crippen molar-refractivity contribution in [2.75, 3.05) is 32.7 Å². The fourth-order valence-electron chi connectivity index (χ4n) is 4.58. The van der Waals surface area contributed by atoms with Crippen LogP contribution in [-0.2, 0) is 11.3 Å². The molecule has 5 heteroatoms. The Morgan fingerprint density at radius 1 is 1.07 bits per heavy atom. The van der Waals surface area contributed by atoms with Crippen molar-refractivity contribution >= 4 is 5.91 Å². The summed E-state index contributed by atoms with van der Waals surface area (Å²) in [5, 5.41) is 3.26. The second kappa shape index (κ2) is 9.36. The zero-order valence-corrected chi connectivity index (χ0v) is 17.7. The van der Waals surface area contributed by atoms with Gasteiger partial charge in [-0.25, -0.2) is 4.39 Å². The van der Waals surface area contributed by atoms with Gasteiger partial charge in [-0.3, -0.25) is 14.6 Å². The maximum absolute atomic E-state index is 13.3. The Morgan fingerprint density at radius 3 is 2.32 bits per heavy atom. The Hall–Kier alpha value is -1.46. The Bertz CT molecular complexity index is 641. The third kappa shape index (κ3) is 6.28. The van der Waals surface area contributed by atoms with Crippen LogP contribution in [0.2, 0.25) is 0 Å². The summed E-state index contributed by atoms with van der Waals surface area (Å²) in [7, 11) is 0. The molecule has 2 fully saturated rings.